The van der Waals surface area contributed by atoms with Crippen LogP contribution in [0.25, 0.3) is 0 Å². The molecule has 4 nitrogen and oxygen atoms in total. The fourth-order valence-corrected chi connectivity index (χ4v) is 1.57. The van der Waals surface area contributed by atoms with Crippen LogP contribution in [0.2, 0.25) is 0 Å². The maximum absolute atomic E-state index is 12.9. The number of hydrogen-bond donors (Lipinski definition) is 2. The number of alkyl halides is 1. The van der Waals surface area contributed by atoms with Gasteiger partial charge in [-0.1, -0.05) is 0 Å². The average molecular weight is 219 g/mol. The van der Waals surface area contributed by atoms with E-state index in [2.05, 4.69) is 5.32 Å². The van der Waals surface area contributed by atoms with Crippen molar-refractivity contribution in [3.05, 3.63) is 0 Å². The fraction of sp³-hybridized carbons (Fsp3) is 0.900. The third-order valence-corrected chi connectivity index (χ3v) is 2.17. The number of hydrogen-bond acceptors (Lipinski definition) is 3. The number of alkyl carbamates (subject to hydrolysis) is 1. The van der Waals surface area contributed by atoms with Crippen LogP contribution in [0.1, 0.15) is 33.6 Å². The fourth-order valence-electron chi connectivity index (χ4n) is 1.57. The second kappa shape index (κ2) is 4.35. The number of ether oxygens (including phenoxy) is 1. The van der Waals surface area contributed by atoms with E-state index in [4.69, 9.17) is 4.74 Å². The zero-order valence-electron chi connectivity index (χ0n) is 9.29. The number of amides is 1. The minimum Gasteiger partial charge on any atom is -0.444 e. The quantitative estimate of drug-likeness (QED) is 0.700. The zero-order valence-corrected chi connectivity index (χ0v) is 9.29. The Bertz CT molecular complexity index is 239. The molecule has 1 aliphatic carbocycles. The molecule has 0 aliphatic heterocycles. The molecule has 0 radical (unpaired) electrons. The number of carbonyl (C=O) groups excluding carboxylic acids is 1. The molecular formula is C10H18FNO3. The van der Waals surface area contributed by atoms with Crippen LogP contribution in [-0.4, -0.2) is 35.1 Å². The molecule has 3 atom stereocenters. The number of carbonyl (C=O) groups is 1. The van der Waals surface area contributed by atoms with Crippen LogP contribution in [0.3, 0.4) is 0 Å². The van der Waals surface area contributed by atoms with Gasteiger partial charge in [0.05, 0.1) is 12.1 Å². The van der Waals surface area contributed by atoms with Gasteiger partial charge < -0.3 is 15.2 Å². The van der Waals surface area contributed by atoms with E-state index in [9.17, 15) is 14.3 Å². The Balaban J connectivity index is 2.39. The van der Waals surface area contributed by atoms with Crippen molar-refractivity contribution in [1.82, 2.24) is 5.32 Å². The van der Waals surface area contributed by atoms with Crippen molar-refractivity contribution < 1.29 is 19.0 Å². The molecule has 0 saturated heterocycles. The molecule has 0 aromatic rings. The van der Waals surface area contributed by atoms with Crippen molar-refractivity contribution in [2.24, 2.45) is 0 Å². The van der Waals surface area contributed by atoms with Gasteiger partial charge in [0.2, 0.25) is 0 Å². The number of aliphatic hydroxyl groups is 1. The first-order chi connectivity index (χ1) is 6.78. The summed E-state index contributed by atoms with van der Waals surface area (Å²) in [4.78, 5) is 11.3. The Morgan fingerprint density at radius 3 is 2.47 bits per heavy atom. The third-order valence-electron chi connectivity index (χ3n) is 2.17. The maximum Gasteiger partial charge on any atom is 0.407 e. The molecule has 0 heterocycles. The summed E-state index contributed by atoms with van der Waals surface area (Å²) in [6.45, 7) is 5.24. The zero-order chi connectivity index (χ0) is 11.6. The largest absolute Gasteiger partial charge is 0.444 e. The van der Waals surface area contributed by atoms with Gasteiger partial charge in [0.1, 0.15) is 11.8 Å². The van der Waals surface area contributed by atoms with E-state index in [0.29, 0.717) is 0 Å². The molecule has 1 amide bonds. The molecule has 0 spiro atoms. The first-order valence-electron chi connectivity index (χ1n) is 5.09. The number of nitrogens with one attached hydrogen (secondary N) is 1. The van der Waals surface area contributed by atoms with Crippen molar-refractivity contribution in [2.75, 3.05) is 0 Å². The number of aliphatic hydroxyl groups excluding tert-OH is 1. The molecule has 3 unspecified atom stereocenters. The van der Waals surface area contributed by atoms with Gasteiger partial charge in [-0.2, -0.15) is 0 Å². The topological polar surface area (TPSA) is 58.6 Å². The Kier molecular flexibility index (Phi) is 3.54. The standard InChI is InChI=1S/C10H18FNO3/c1-10(2,3)15-9(14)12-7-4-6(11)5-8(7)13/h6-8,13H,4-5H2,1-3H3,(H,12,14). The van der Waals surface area contributed by atoms with Gasteiger partial charge in [-0.25, -0.2) is 9.18 Å². The highest BCUT2D eigenvalue weighted by Crippen LogP contribution is 2.22. The van der Waals surface area contributed by atoms with Crippen molar-refractivity contribution in [3.8, 4) is 0 Å². The second-order valence-electron chi connectivity index (χ2n) is 4.89. The summed E-state index contributed by atoms with van der Waals surface area (Å²) in [6, 6.07) is -0.533. The molecule has 1 fully saturated rings. The van der Waals surface area contributed by atoms with Gasteiger partial charge in [0.15, 0.2) is 0 Å². The van der Waals surface area contributed by atoms with Crippen LogP contribution in [0, 0.1) is 0 Å². The highest BCUT2D eigenvalue weighted by Gasteiger charge is 2.34. The highest BCUT2D eigenvalue weighted by atomic mass is 19.1. The molecule has 0 bridgehead atoms. The predicted molar refractivity (Wildman–Crippen MR) is 53.3 cm³/mol. The Morgan fingerprint density at radius 1 is 1.47 bits per heavy atom. The summed E-state index contributed by atoms with van der Waals surface area (Å²) in [5.41, 5.74) is -0.581. The lowest BCUT2D eigenvalue weighted by Crippen LogP contribution is -2.42. The molecule has 1 aliphatic rings. The summed E-state index contributed by atoms with van der Waals surface area (Å²) in [6.07, 6.45) is -2.23. The normalized spacial score (nSPS) is 31.4. The summed E-state index contributed by atoms with van der Waals surface area (Å²) >= 11 is 0. The van der Waals surface area contributed by atoms with Crippen LogP contribution in [0.15, 0.2) is 0 Å². The van der Waals surface area contributed by atoms with Crippen molar-refractivity contribution in [2.45, 2.75) is 57.5 Å². The van der Waals surface area contributed by atoms with E-state index >= 15 is 0 Å². The smallest absolute Gasteiger partial charge is 0.407 e. The maximum atomic E-state index is 12.9. The van der Waals surface area contributed by atoms with Crippen molar-refractivity contribution in [3.63, 3.8) is 0 Å². The Morgan fingerprint density at radius 2 is 2.07 bits per heavy atom. The van der Waals surface area contributed by atoms with Gasteiger partial charge in [0, 0.05) is 12.8 Å². The molecule has 0 aromatic heterocycles. The third kappa shape index (κ3) is 4.03. The molecule has 1 saturated carbocycles. The summed E-state index contributed by atoms with van der Waals surface area (Å²) in [7, 11) is 0. The molecule has 0 aromatic carbocycles. The first-order valence-corrected chi connectivity index (χ1v) is 5.09. The van der Waals surface area contributed by atoms with E-state index in [-0.39, 0.29) is 12.8 Å². The van der Waals surface area contributed by atoms with E-state index in [1.54, 1.807) is 20.8 Å². The van der Waals surface area contributed by atoms with Crippen LogP contribution in [0.5, 0.6) is 0 Å². The van der Waals surface area contributed by atoms with Crippen molar-refractivity contribution >= 4 is 6.09 Å². The Hall–Kier alpha value is -0.840. The van der Waals surface area contributed by atoms with Gasteiger partial charge >= 0.3 is 6.09 Å². The van der Waals surface area contributed by atoms with Crippen LogP contribution >= 0.6 is 0 Å². The summed E-state index contributed by atoms with van der Waals surface area (Å²) in [5.74, 6) is 0. The van der Waals surface area contributed by atoms with Crippen molar-refractivity contribution in [1.29, 1.82) is 0 Å². The van der Waals surface area contributed by atoms with Crippen LogP contribution in [-0.2, 0) is 4.74 Å². The predicted octanol–water partition coefficient (Wildman–Crippen LogP) is 1.37. The molecule has 2 N–H and O–H groups in total. The van der Waals surface area contributed by atoms with Crippen LogP contribution in [0.4, 0.5) is 9.18 Å². The van der Waals surface area contributed by atoms with E-state index in [1.165, 1.54) is 0 Å². The molecular weight excluding hydrogens is 201 g/mol. The van der Waals surface area contributed by atoms with Gasteiger partial charge in [-0.3, -0.25) is 0 Å². The number of halogens is 1. The van der Waals surface area contributed by atoms with Crippen LogP contribution < -0.4 is 5.32 Å². The number of rotatable bonds is 1. The SMILES string of the molecule is CC(C)(C)OC(=O)NC1CC(F)CC1O. The lowest BCUT2D eigenvalue weighted by atomic mass is 10.2. The van der Waals surface area contributed by atoms with E-state index in [0.717, 1.165) is 0 Å². The van der Waals surface area contributed by atoms with E-state index < -0.39 is 30.0 Å². The lowest BCUT2D eigenvalue weighted by molar-refractivity contribution is 0.0450. The second-order valence-corrected chi connectivity index (χ2v) is 4.89. The molecule has 88 valence electrons. The first kappa shape index (κ1) is 12.2. The average Bonchev–Trinajstić information content (AvgIpc) is 2.25. The lowest BCUT2D eigenvalue weighted by Gasteiger charge is -2.22. The van der Waals surface area contributed by atoms with E-state index in [1.807, 2.05) is 0 Å². The molecule has 15 heavy (non-hydrogen) atoms. The van der Waals surface area contributed by atoms with Gasteiger partial charge in [-0.05, 0) is 20.8 Å². The van der Waals surface area contributed by atoms with Gasteiger partial charge in [0.25, 0.3) is 0 Å². The Labute approximate surface area is 88.8 Å². The minimum atomic E-state index is -1.04. The highest BCUT2D eigenvalue weighted by molar-refractivity contribution is 5.68. The summed E-state index contributed by atoms with van der Waals surface area (Å²) < 4.78 is 17.9. The minimum absolute atomic E-state index is 0.0838. The molecule has 1 rings (SSSR count). The van der Waals surface area contributed by atoms with Gasteiger partial charge in [-0.15, -0.1) is 0 Å². The molecule has 5 heteroatoms. The monoisotopic (exact) mass is 219 g/mol. The summed E-state index contributed by atoms with van der Waals surface area (Å²) in [5, 5.41) is 11.9.